The summed E-state index contributed by atoms with van der Waals surface area (Å²) < 4.78 is 0. The second-order valence-electron chi connectivity index (χ2n) is 7.66. The van der Waals surface area contributed by atoms with Crippen LogP contribution in [0.4, 0.5) is 0 Å². The Hall–Kier alpha value is -3.47. The number of aromatic nitrogens is 3. The number of rotatable bonds is 6. The van der Waals surface area contributed by atoms with E-state index in [-0.39, 0.29) is 5.91 Å². The highest BCUT2D eigenvalue weighted by molar-refractivity contribution is 5.96. The molecule has 2 heterocycles. The summed E-state index contributed by atoms with van der Waals surface area (Å²) in [6.07, 6.45) is 8.59. The summed E-state index contributed by atoms with van der Waals surface area (Å²) in [7, 11) is 0. The first-order chi connectivity index (χ1) is 15.1. The largest absolute Gasteiger partial charge is 0.349 e. The molecule has 2 N–H and O–H groups in total. The van der Waals surface area contributed by atoms with Gasteiger partial charge in [0.2, 0.25) is 0 Å². The molecule has 5 heteroatoms. The van der Waals surface area contributed by atoms with E-state index in [0.717, 1.165) is 52.9 Å². The number of benzene rings is 1. The quantitative estimate of drug-likeness (QED) is 0.506. The number of allylic oxidation sites excluding steroid dienone is 1. The molecular weight excluding hydrogens is 384 g/mol. The number of amides is 1. The van der Waals surface area contributed by atoms with E-state index in [4.69, 9.17) is 0 Å². The number of nitrogens with zero attached hydrogens (tertiary/aromatic N) is 2. The molecule has 31 heavy (non-hydrogen) atoms. The summed E-state index contributed by atoms with van der Waals surface area (Å²) in [4.78, 5) is 16.7. The van der Waals surface area contributed by atoms with Gasteiger partial charge in [0.15, 0.2) is 0 Å². The summed E-state index contributed by atoms with van der Waals surface area (Å²) in [5, 5.41) is 10.7. The maximum Gasteiger partial charge on any atom is 0.253 e. The minimum atomic E-state index is -0.0441. The normalized spacial score (nSPS) is 13.3. The number of pyridine rings is 1. The minimum absolute atomic E-state index is 0.0441. The average molecular weight is 415 g/mol. The van der Waals surface area contributed by atoms with Crippen LogP contribution in [0.3, 0.4) is 0 Å². The van der Waals surface area contributed by atoms with Gasteiger partial charge in [-0.3, -0.25) is 14.9 Å². The number of hydrogen-bond donors (Lipinski definition) is 2. The second-order valence-corrected chi connectivity index (χ2v) is 7.66. The molecule has 1 fully saturated rings. The first kappa shape index (κ1) is 22.2. The SMILES string of the molecule is C=C.CC/C(=C\c1c(-c2ccccc2C)n[nH]c1C)c1cncc(C(=O)NC2CC2)c1. The minimum Gasteiger partial charge on any atom is -0.349 e. The molecule has 1 aliphatic carbocycles. The Morgan fingerprint density at radius 2 is 1.90 bits per heavy atom. The van der Waals surface area contributed by atoms with Crippen LogP contribution in [0.25, 0.3) is 22.9 Å². The standard InChI is InChI=1S/C24H26N4O.C2H4/c1-4-17(18-11-19(14-25-13-18)24(29)26-20-9-10-20)12-22-16(3)27-28-23(22)21-8-6-5-7-15(21)2;1-2/h5-8,11-14,20H,4,9-10H2,1-3H3,(H,26,29)(H,27,28);1-2H2/b17-12+;. The molecule has 0 bridgehead atoms. The van der Waals surface area contributed by atoms with Gasteiger partial charge in [-0.15, -0.1) is 13.2 Å². The van der Waals surface area contributed by atoms with Gasteiger partial charge in [0, 0.05) is 35.3 Å². The molecule has 0 atom stereocenters. The lowest BCUT2D eigenvalue weighted by Crippen LogP contribution is -2.25. The lowest BCUT2D eigenvalue weighted by Gasteiger charge is -2.09. The Labute approximate surface area is 184 Å². The van der Waals surface area contributed by atoms with Crippen LogP contribution in [0.5, 0.6) is 0 Å². The van der Waals surface area contributed by atoms with Gasteiger partial charge in [-0.2, -0.15) is 5.10 Å². The predicted molar refractivity (Wildman–Crippen MR) is 128 cm³/mol. The Morgan fingerprint density at radius 1 is 1.19 bits per heavy atom. The second kappa shape index (κ2) is 10.0. The molecule has 0 unspecified atom stereocenters. The molecule has 0 radical (unpaired) electrons. The van der Waals surface area contributed by atoms with E-state index in [0.29, 0.717) is 11.6 Å². The van der Waals surface area contributed by atoms with Gasteiger partial charge in [-0.1, -0.05) is 31.2 Å². The average Bonchev–Trinajstić information content (AvgIpc) is 3.55. The summed E-state index contributed by atoms with van der Waals surface area (Å²) in [6.45, 7) is 12.2. The number of carbonyl (C=O) groups excluding carboxylic acids is 1. The highest BCUT2D eigenvalue weighted by atomic mass is 16.1. The summed E-state index contributed by atoms with van der Waals surface area (Å²) in [5.41, 5.74) is 8.04. The molecule has 1 saturated carbocycles. The lowest BCUT2D eigenvalue weighted by molar-refractivity contribution is 0.0950. The fourth-order valence-electron chi connectivity index (χ4n) is 3.46. The Bertz CT molecular complexity index is 1090. The number of aromatic amines is 1. The van der Waals surface area contributed by atoms with Crippen molar-refractivity contribution in [3.05, 3.63) is 83.8 Å². The van der Waals surface area contributed by atoms with Crippen molar-refractivity contribution in [3.8, 4) is 11.3 Å². The number of H-pyrrole nitrogens is 1. The van der Waals surface area contributed by atoms with Crippen LogP contribution >= 0.6 is 0 Å². The fourth-order valence-corrected chi connectivity index (χ4v) is 3.46. The maximum atomic E-state index is 12.4. The zero-order valence-corrected chi connectivity index (χ0v) is 18.5. The van der Waals surface area contributed by atoms with E-state index in [1.807, 2.05) is 31.3 Å². The van der Waals surface area contributed by atoms with Gasteiger partial charge in [0.1, 0.15) is 0 Å². The van der Waals surface area contributed by atoms with Crippen LogP contribution in [0.2, 0.25) is 0 Å². The summed E-state index contributed by atoms with van der Waals surface area (Å²) >= 11 is 0. The first-order valence-electron chi connectivity index (χ1n) is 10.6. The number of aryl methyl sites for hydroxylation is 2. The van der Waals surface area contributed by atoms with Gasteiger partial charge in [-0.05, 0) is 62.0 Å². The van der Waals surface area contributed by atoms with Crippen molar-refractivity contribution in [1.29, 1.82) is 0 Å². The van der Waals surface area contributed by atoms with E-state index < -0.39 is 0 Å². The van der Waals surface area contributed by atoms with E-state index in [1.165, 1.54) is 5.56 Å². The molecule has 4 rings (SSSR count). The van der Waals surface area contributed by atoms with Crippen LogP contribution in [0.15, 0.2) is 55.9 Å². The van der Waals surface area contributed by atoms with E-state index in [1.54, 1.807) is 6.20 Å². The van der Waals surface area contributed by atoms with Gasteiger partial charge in [-0.25, -0.2) is 0 Å². The molecule has 3 aromatic rings. The third-order valence-corrected chi connectivity index (χ3v) is 5.38. The van der Waals surface area contributed by atoms with Crippen molar-refractivity contribution in [2.24, 2.45) is 0 Å². The smallest absolute Gasteiger partial charge is 0.253 e. The fraction of sp³-hybridized carbons (Fsp3) is 0.269. The molecule has 1 aliphatic rings. The van der Waals surface area contributed by atoms with Crippen molar-refractivity contribution < 1.29 is 4.79 Å². The van der Waals surface area contributed by atoms with Gasteiger partial charge in [0.05, 0.1) is 11.3 Å². The van der Waals surface area contributed by atoms with Crippen LogP contribution in [0, 0.1) is 13.8 Å². The van der Waals surface area contributed by atoms with Gasteiger partial charge in [0.25, 0.3) is 5.91 Å². The Balaban J connectivity index is 0.00000132. The van der Waals surface area contributed by atoms with Crippen LogP contribution in [-0.2, 0) is 0 Å². The molecule has 160 valence electrons. The molecule has 0 spiro atoms. The van der Waals surface area contributed by atoms with Gasteiger partial charge >= 0.3 is 0 Å². The predicted octanol–water partition coefficient (Wildman–Crippen LogP) is 5.73. The van der Waals surface area contributed by atoms with Crippen molar-refractivity contribution in [3.63, 3.8) is 0 Å². The molecule has 1 aromatic carbocycles. The molecule has 1 amide bonds. The highest BCUT2D eigenvalue weighted by Gasteiger charge is 2.24. The number of carbonyl (C=O) groups is 1. The number of nitrogens with one attached hydrogen (secondary N) is 2. The molecule has 2 aromatic heterocycles. The van der Waals surface area contributed by atoms with Crippen molar-refractivity contribution >= 4 is 17.6 Å². The topological polar surface area (TPSA) is 70.7 Å². The zero-order chi connectivity index (χ0) is 22.4. The van der Waals surface area contributed by atoms with Crippen LogP contribution < -0.4 is 5.32 Å². The summed E-state index contributed by atoms with van der Waals surface area (Å²) in [5.74, 6) is -0.0441. The molecule has 0 saturated heterocycles. The first-order valence-corrected chi connectivity index (χ1v) is 10.6. The highest BCUT2D eigenvalue weighted by Crippen LogP contribution is 2.31. The van der Waals surface area contributed by atoms with Crippen molar-refractivity contribution in [2.45, 2.75) is 46.1 Å². The third kappa shape index (κ3) is 5.18. The van der Waals surface area contributed by atoms with Crippen LogP contribution in [0.1, 0.15) is 58.9 Å². The van der Waals surface area contributed by atoms with E-state index >= 15 is 0 Å². The van der Waals surface area contributed by atoms with E-state index in [9.17, 15) is 4.79 Å². The van der Waals surface area contributed by atoms with Crippen molar-refractivity contribution in [1.82, 2.24) is 20.5 Å². The van der Waals surface area contributed by atoms with Crippen molar-refractivity contribution in [2.75, 3.05) is 0 Å². The monoisotopic (exact) mass is 414 g/mol. The molecular formula is C26H30N4O. The Kier molecular flexibility index (Phi) is 7.19. The summed E-state index contributed by atoms with van der Waals surface area (Å²) in [6, 6.07) is 10.5. The third-order valence-electron chi connectivity index (χ3n) is 5.38. The zero-order valence-electron chi connectivity index (χ0n) is 18.5. The molecule has 5 nitrogen and oxygen atoms in total. The lowest BCUT2D eigenvalue weighted by atomic mass is 9.96. The maximum absolute atomic E-state index is 12.4. The van der Waals surface area contributed by atoms with Crippen LogP contribution in [-0.4, -0.2) is 27.1 Å². The van der Waals surface area contributed by atoms with E-state index in [2.05, 4.69) is 65.7 Å². The van der Waals surface area contributed by atoms with Gasteiger partial charge < -0.3 is 5.32 Å². The number of hydrogen-bond acceptors (Lipinski definition) is 3. The molecule has 0 aliphatic heterocycles. The Morgan fingerprint density at radius 3 is 2.58 bits per heavy atom.